The first-order valence-corrected chi connectivity index (χ1v) is 6.00. The van der Waals surface area contributed by atoms with Crippen molar-refractivity contribution >= 4 is 6.03 Å². The van der Waals surface area contributed by atoms with Crippen molar-refractivity contribution in [2.75, 3.05) is 26.3 Å². The Balaban J connectivity index is 2.39. The summed E-state index contributed by atoms with van der Waals surface area (Å²) in [5, 5.41) is 2.99. The lowest BCUT2D eigenvalue weighted by molar-refractivity contribution is 0.169. The molecule has 0 radical (unpaired) electrons. The van der Waals surface area contributed by atoms with Crippen LogP contribution in [0, 0.1) is 0 Å². The maximum absolute atomic E-state index is 12.0. The van der Waals surface area contributed by atoms with Gasteiger partial charge < -0.3 is 20.7 Å². The van der Waals surface area contributed by atoms with Gasteiger partial charge in [-0.1, -0.05) is 0 Å². The van der Waals surface area contributed by atoms with Gasteiger partial charge in [0.25, 0.3) is 0 Å². The molecule has 0 saturated carbocycles. The molecule has 0 aliphatic carbocycles. The van der Waals surface area contributed by atoms with Crippen molar-refractivity contribution < 1.29 is 9.53 Å². The van der Waals surface area contributed by atoms with E-state index >= 15 is 0 Å². The van der Waals surface area contributed by atoms with Gasteiger partial charge in [0.05, 0.1) is 12.6 Å². The Bertz CT molecular complexity index is 215. The lowest BCUT2D eigenvalue weighted by Crippen LogP contribution is -2.48. The van der Waals surface area contributed by atoms with Crippen molar-refractivity contribution in [3.05, 3.63) is 0 Å². The van der Waals surface area contributed by atoms with Crippen LogP contribution < -0.4 is 11.1 Å². The fraction of sp³-hybridized carbons (Fsp3) is 0.909. The maximum Gasteiger partial charge on any atom is 0.317 e. The summed E-state index contributed by atoms with van der Waals surface area (Å²) in [4.78, 5) is 13.8. The van der Waals surface area contributed by atoms with Crippen molar-refractivity contribution in [2.24, 2.45) is 5.73 Å². The van der Waals surface area contributed by atoms with Crippen LogP contribution in [0.25, 0.3) is 0 Å². The molecule has 3 N–H and O–H groups in total. The number of urea groups is 1. The number of nitrogens with two attached hydrogens (primary N) is 1. The maximum atomic E-state index is 12.0. The Hall–Kier alpha value is -0.810. The molecule has 1 rings (SSSR count). The minimum atomic E-state index is -0.000972. The normalized spacial score (nSPS) is 20.1. The summed E-state index contributed by atoms with van der Waals surface area (Å²) in [7, 11) is 0. The first-order valence-electron chi connectivity index (χ1n) is 6.00. The van der Waals surface area contributed by atoms with E-state index in [1.807, 2.05) is 18.7 Å². The summed E-state index contributed by atoms with van der Waals surface area (Å²) in [5.74, 6) is 0. The molecule has 1 saturated heterocycles. The van der Waals surface area contributed by atoms with Gasteiger partial charge in [-0.25, -0.2) is 4.79 Å². The van der Waals surface area contributed by atoms with Crippen molar-refractivity contribution in [1.82, 2.24) is 10.2 Å². The van der Waals surface area contributed by atoms with Gasteiger partial charge in [-0.05, 0) is 33.2 Å². The molecule has 0 bridgehead atoms. The first-order chi connectivity index (χ1) is 7.65. The average Bonchev–Trinajstić information content (AvgIpc) is 2.70. The third-order valence-electron chi connectivity index (χ3n) is 2.74. The Kier molecular flexibility index (Phi) is 5.55. The molecule has 0 aromatic rings. The molecule has 1 unspecified atom stereocenters. The van der Waals surface area contributed by atoms with Crippen LogP contribution in [-0.4, -0.2) is 49.3 Å². The van der Waals surface area contributed by atoms with Crippen LogP contribution in [0.4, 0.5) is 4.79 Å². The van der Waals surface area contributed by atoms with E-state index in [1.165, 1.54) is 0 Å². The smallest absolute Gasteiger partial charge is 0.317 e. The van der Waals surface area contributed by atoms with E-state index in [4.69, 9.17) is 10.5 Å². The summed E-state index contributed by atoms with van der Waals surface area (Å²) in [6.07, 6.45) is 1.75. The van der Waals surface area contributed by atoms with Gasteiger partial charge in [-0.15, -0.1) is 0 Å². The van der Waals surface area contributed by atoms with Crippen molar-refractivity contribution in [1.29, 1.82) is 0 Å². The lowest BCUT2D eigenvalue weighted by Gasteiger charge is -2.28. The van der Waals surface area contributed by atoms with E-state index in [-0.39, 0.29) is 18.1 Å². The monoisotopic (exact) mass is 229 g/mol. The Morgan fingerprint density at radius 3 is 2.88 bits per heavy atom. The van der Waals surface area contributed by atoms with Gasteiger partial charge in [0.1, 0.15) is 0 Å². The lowest BCUT2D eigenvalue weighted by atomic mass is 10.2. The number of hydrogen-bond donors (Lipinski definition) is 2. The number of ether oxygens (including phenoxy) is 1. The summed E-state index contributed by atoms with van der Waals surface area (Å²) >= 11 is 0. The zero-order valence-corrected chi connectivity index (χ0v) is 10.2. The molecule has 1 atom stereocenters. The molecule has 1 aliphatic rings. The molecule has 94 valence electrons. The Morgan fingerprint density at radius 2 is 2.38 bits per heavy atom. The predicted octanol–water partition coefficient (Wildman–Crippen LogP) is 0.544. The highest BCUT2D eigenvalue weighted by atomic mass is 16.5. The standard InChI is InChI=1S/C11H23N3O2/c1-9(2)14(6-3-5-12)11(15)13-10-4-7-16-8-10/h9-10H,3-8,12H2,1-2H3,(H,13,15). The Labute approximate surface area is 97.3 Å². The number of carbonyl (C=O) groups is 1. The van der Waals surface area contributed by atoms with E-state index in [1.54, 1.807) is 0 Å². The van der Waals surface area contributed by atoms with E-state index in [0.717, 1.165) is 19.4 Å². The minimum absolute atomic E-state index is 0.000972. The third-order valence-corrected chi connectivity index (χ3v) is 2.74. The molecular weight excluding hydrogens is 206 g/mol. The van der Waals surface area contributed by atoms with Crippen molar-refractivity contribution in [3.8, 4) is 0 Å². The molecule has 0 aromatic carbocycles. The quantitative estimate of drug-likeness (QED) is 0.723. The predicted molar refractivity (Wildman–Crippen MR) is 63.3 cm³/mol. The van der Waals surface area contributed by atoms with Gasteiger partial charge in [0.2, 0.25) is 0 Å². The van der Waals surface area contributed by atoms with Crippen LogP contribution in [0.5, 0.6) is 0 Å². The molecule has 1 fully saturated rings. The zero-order chi connectivity index (χ0) is 12.0. The fourth-order valence-corrected chi connectivity index (χ4v) is 1.76. The van der Waals surface area contributed by atoms with E-state index in [9.17, 15) is 4.79 Å². The highest BCUT2D eigenvalue weighted by Gasteiger charge is 2.22. The van der Waals surface area contributed by atoms with Gasteiger partial charge >= 0.3 is 6.03 Å². The molecule has 16 heavy (non-hydrogen) atoms. The van der Waals surface area contributed by atoms with Crippen LogP contribution in [0.2, 0.25) is 0 Å². The topological polar surface area (TPSA) is 67.6 Å². The average molecular weight is 229 g/mol. The van der Waals surface area contributed by atoms with Crippen molar-refractivity contribution in [3.63, 3.8) is 0 Å². The summed E-state index contributed by atoms with van der Waals surface area (Å²) < 4.78 is 5.23. The van der Waals surface area contributed by atoms with E-state index in [0.29, 0.717) is 19.7 Å². The summed E-state index contributed by atoms with van der Waals surface area (Å²) in [6.45, 7) is 6.74. The van der Waals surface area contributed by atoms with Crippen LogP contribution in [-0.2, 0) is 4.74 Å². The summed E-state index contributed by atoms with van der Waals surface area (Å²) in [6, 6.07) is 0.374. The molecule has 5 heteroatoms. The van der Waals surface area contributed by atoms with E-state index < -0.39 is 0 Å². The number of amides is 2. The molecule has 1 aliphatic heterocycles. The van der Waals surface area contributed by atoms with Crippen LogP contribution in [0.1, 0.15) is 26.7 Å². The highest BCUT2D eigenvalue weighted by Crippen LogP contribution is 2.06. The molecule has 0 spiro atoms. The number of rotatable bonds is 5. The number of hydrogen-bond acceptors (Lipinski definition) is 3. The number of nitrogens with one attached hydrogen (secondary N) is 1. The minimum Gasteiger partial charge on any atom is -0.379 e. The second-order valence-electron chi connectivity index (χ2n) is 4.44. The molecular formula is C11H23N3O2. The third kappa shape index (κ3) is 3.98. The summed E-state index contributed by atoms with van der Waals surface area (Å²) in [5.41, 5.74) is 5.46. The van der Waals surface area contributed by atoms with E-state index in [2.05, 4.69) is 5.32 Å². The highest BCUT2D eigenvalue weighted by molar-refractivity contribution is 5.74. The SMILES string of the molecule is CC(C)N(CCCN)C(=O)NC1CCOC1. The van der Waals surface area contributed by atoms with Crippen LogP contribution in [0.3, 0.4) is 0 Å². The number of nitrogens with zero attached hydrogens (tertiary/aromatic N) is 1. The largest absolute Gasteiger partial charge is 0.379 e. The zero-order valence-electron chi connectivity index (χ0n) is 10.2. The molecule has 2 amide bonds. The molecule has 0 aromatic heterocycles. The van der Waals surface area contributed by atoms with Crippen LogP contribution in [0.15, 0.2) is 0 Å². The van der Waals surface area contributed by atoms with Gasteiger partial charge in [-0.3, -0.25) is 0 Å². The number of carbonyl (C=O) groups excluding carboxylic acids is 1. The second-order valence-corrected chi connectivity index (χ2v) is 4.44. The van der Waals surface area contributed by atoms with Crippen molar-refractivity contribution in [2.45, 2.75) is 38.8 Å². The van der Waals surface area contributed by atoms with Gasteiger partial charge in [0, 0.05) is 19.2 Å². The second kappa shape index (κ2) is 6.70. The fourth-order valence-electron chi connectivity index (χ4n) is 1.76. The van der Waals surface area contributed by atoms with Gasteiger partial charge in [-0.2, -0.15) is 0 Å². The Morgan fingerprint density at radius 1 is 1.62 bits per heavy atom. The molecule has 5 nitrogen and oxygen atoms in total. The van der Waals surface area contributed by atoms with Gasteiger partial charge in [0.15, 0.2) is 0 Å². The first kappa shape index (κ1) is 13.3. The molecule has 1 heterocycles. The van der Waals surface area contributed by atoms with Crippen LogP contribution >= 0.6 is 0 Å².